The Kier molecular flexibility index (Phi) is 3.86. The van der Waals surface area contributed by atoms with Crippen LogP contribution in [0.4, 0.5) is 18.9 Å². The van der Waals surface area contributed by atoms with Crippen molar-refractivity contribution in [3.8, 4) is 0 Å². The van der Waals surface area contributed by atoms with Gasteiger partial charge in [0.1, 0.15) is 0 Å². The van der Waals surface area contributed by atoms with E-state index in [9.17, 15) is 13.2 Å². The average molecular weight is 273 g/mol. The van der Waals surface area contributed by atoms with E-state index in [4.69, 9.17) is 4.42 Å². The lowest BCUT2D eigenvalue weighted by atomic mass is 10.3. The Labute approximate surface area is 106 Å². The molecule has 0 saturated carbocycles. The summed E-state index contributed by atoms with van der Waals surface area (Å²) in [6, 6.07) is 7.94. The molecule has 0 bridgehead atoms. The predicted octanol–water partition coefficient (Wildman–Crippen LogP) is 4.50. The second-order valence-corrected chi connectivity index (χ2v) is 4.70. The molecule has 0 fully saturated rings. The van der Waals surface area contributed by atoms with E-state index in [1.807, 2.05) is 6.07 Å². The number of halogens is 3. The van der Waals surface area contributed by atoms with Crippen LogP contribution in [-0.4, -0.2) is 5.51 Å². The summed E-state index contributed by atoms with van der Waals surface area (Å²) in [5.74, 6) is 0. The van der Waals surface area contributed by atoms with Gasteiger partial charge in [-0.15, -0.1) is 0 Å². The molecule has 1 aromatic heterocycles. The molecule has 0 aliphatic heterocycles. The number of alkyl halides is 3. The SMILES string of the molecule is FC(F)(F)Sc1ccc(NCc2ccoc2)cc1. The van der Waals surface area contributed by atoms with Crippen molar-refractivity contribution in [2.45, 2.75) is 16.9 Å². The maximum absolute atomic E-state index is 12.1. The molecule has 2 aromatic rings. The molecule has 0 amide bonds. The molecule has 0 unspecified atom stereocenters. The molecule has 2 nitrogen and oxygen atoms in total. The van der Waals surface area contributed by atoms with Crippen molar-refractivity contribution in [3.63, 3.8) is 0 Å². The van der Waals surface area contributed by atoms with Crippen molar-refractivity contribution in [2.75, 3.05) is 5.32 Å². The molecule has 0 spiro atoms. The van der Waals surface area contributed by atoms with Gasteiger partial charge in [-0.1, -0.05) is 0 Å². The molecule has 18 heavy (non-hydrogen) atoms. The van der Waals surface area contributed by atoms with E-state index >= 15 is 0 Å². The Morgan fingerprint density at radius 2 is 1.83 bits per heavy atom. The third kappa shape index (κ3) is 4.03. The van der Waals surface area contributed by atoms with E-state index in [1.165, 1.54) is 12.1 Å². The predicted molar refractivity (Wildman–Crippen MR) is 64.4 cm³/mol. The molecule has 0 atom stereocenters. The number of furan rings is 1. The maximum Gasteiger partial charge on any atom is 0.446 e. The van der Waals surface area contributed by atoms with Crippen molar-refractivity contribution in [2.24, 2.45) is 0 Å². The fourth-order valence-corrected chi connectivity index (χ4v) is 1.91. The smallest absolute Gasteiger partial charge is 0.446 e. The van der Waals surface area contributed by atoms with Crippen LogP contribution in [-0.2, 0) is 6.54 Å². The normalized spacial score (nSPS) is 11.5. The van der Waals surface area contributed by atoms with Crippen LogP contribution in [0.5, 0.6) is 0 Å². The summed E-state index contributed by atoms with van der Waals surface area (Å²) in [5, 5.41) is 3.09. The van der Waals surface area contributed by atoms with Crippen LogP contribution >= 0.6 is 11.8 Å². The van der Waals surface area contributed by atoms with Gasteiger partial charge in [0.2, 0.25) is 0 Å². The highest BCUT2D eigenvalue weighted by atomic mass is 32.2. The molecule has 1 heterocycles. The third-order valence-electron chi connectivity index (χ3n) is 2.16. The van der Waals surface area contributed by atoms with Crippen LogP contribution in [0, 0.1) is 0 Å². The minimum absolute atomic E-state index is 0.117. The number of rotatable bonds is 4. The van der Waals surface area contributed by atoms with Gasteiger partial charge < -0.3 is 9.73 Å². The molecule has 1 aromatic carbocycles. The standard InChI is InChI=1S/C12H10F3NOS/c13-12(14,15)18-11-3-1-10(2-4-11)16-7-9-5-6-17-8-9/h1-6,8,16H,7H2. The molecule has 2 rings (SSSR count). The van der Waals surface area contributed by atoms with Crippen LogP contribution in [0.1, 0.15) is 5.56 Å². The quantitative estimate of drug-likeness (QED) is 0.830. The summed E-state index contributed by atoms with van der Waals surface area (Å²) in [6.45, 7) is 0.572. The van der Waals surface area contributed by atoms with Gasteiger partial charge in [0.05, 0.1) is 12.5 Å². The Bertz CT molecular complexity index is 479. The number of nitrogens with one attached hydrogen (secondary N) is 1. The first-order valence-corrected chi connectivity index (χ1v) is 5.95. The molecular formula is C12H10F3NOS. The average Bonchev–Trinajstić information content (AvgIpc) is 2.79. The second-order valence-electron chi connectivity index (χ2n) is 3.56. The summed E-state index contributed by atoms with van der Waals surface area (Å²) >= 11 is -0.117. The monoisotopic (exact) mass is 273 g/mol. The van der Waals surface area contributed by atoms with Crippen molar-refractivity contribution in [3.05, 3.63) is 48.4 Å². The van der Waals surface area contributed by atoms with Gasteiger partial charge in [0.25, 0.3) is 0 Å². The highest BCUT2D eigenvalue weighted by Crippen LogP contribution is 2.37. The van der Waals surface area contributed by atoms with E-state index in [0.29, 0.717) is 6.54 Å². The Morgan fingerprint density at radius 3 is 2.39 bits per heavy atom. The summed E-state index contributed by atoms with van der Waals surface area (Å²) in [6.07, 6.45) is 3.18. The highest BCUT2D eigenvalue weighted by Gasteiger charge is 2.28. The molecular weight excluding hydrogens is 263 g/mol. The third-order valence-corrected chi connectivity index (χ3v) is 2.90. The van der Waals surface area contributed by atoms with Gasteiger partial charge in [-0.3, -0.25) is 0 Å². The first-order chi connectivity index (χ1) is 8.53. The topological polar surface area (TPSA) is 25.2 Å². The second kappa shape index (κ2) is 5.39. The number of thioether (sulfide) groups is 1. The Morgan fingerprint density at radius 1 is 1.11 bits per heavy atom. The summed E-state index contributed by atoms with van der Waals surface area (Å²) in [7, 11) is 0. The van der Waals surface area contributed by atoms with Crippen LogP contribution in [0.2, 0.25) is 0 Å². The zero-order valence-corrected chi connectivity index (χ0v) is 10.0. The zero-order valence-electron chi connectivity index (χ0n) is 9.20. The number of hydrogen-bond donors (Lipinski definition) is 1. The zero-order chi connectivity index (χ0) is 13.0. The lowest BCUT2D eigenvalue weighted by Crippen LogP contribution is -2.00. The molecule has 0 saturated heterocycles. The van der Waals surface area contributed by atoms with E-state index in [1.54, 1.807) is 24.7 Å². The molecule has 6 heteroatoms. The Balaban J connectivity index is 1.91. The van der Waals surface area contributed by atoms with Gasteiger partial charge in [-0.05, 0) is 42.1 Å². The van der Waals surface area contributed by atoms with Crippen molar-refractivity contribution >= 4 is 17.4 Å². The number of hydrogen-bond acceptors (Lipinski definition) is 3. The molecule has 0 radical (unpaired) electrons. The van der Waals surface area contributed by atoms with Crippen LogP contribution in [0.3, 0.4) is 0 Å². The Hall–Kier alpha value is -1.56. The van der Waals surface area contributed by atoms with Gasteiger partial charge in [0.15, 0.2) is 0 Å². The van der Waals surface area contributed by atoms with Crippen LogP contribution in [0.25, 0.3) is 0 Å². The molecule has 96 valence electrons. The van der Waals surface area contributed by atoms with Crippen LogP contribution < -0.4 is 5.32 Å². The summed E-state index contributed by atoms with van der Waals surface area (Å²) < 4.78 is 41.2. The molecule has 0 aliphatic rings. The number of benzene rings is 1. The highest BCUT2D eigenvalue weighted by molar-refractivity contribution is 8.00. The first-order valence-electron chi connectivity index (χ1n) is 5.14. The van der Waals surface area contributed by atoms with Crippen molar-refractivity contribution in [1.29, 1.82) is 0 Å². The maximum atomic E-state index is 12.1. The first kappa shape index (κ1) is 12.9. The minimum Gasteiger partial charge on any atom is -0.472 e. The minimum atomic E-state index is -4.24. The molecule has 1 N–H and O–H groups in total. The van der Waals surface area contributed by atoms with E-state index in [0.717, 1.165) is 11.3 Å². The van der Waals surface area contributed by atoms with Gasteiger partial charge in [0, 0.05) is 22.7 Å². The van der Waals surface area contributed by atoms with E-state index in [-0.39, 0.29) is 16.7 Å². The summed E-state index contributed by atoms with van der Waals surface area (Å²) in [4.78, 5) is 0.177. The van der Waals surface area contributed by atoms with Crippen LogP contribution in [0.15, 0.2) is 52.2 Å². The van der Waals surface area contributed by atoms with Gasteiger partial charge >= 0.3 is 5.51 Å². The lowest BCUT2D eigenvalue weighted by molar-refractivity contribution is -0.0328. The fourth-order valence-electron chi connectivity index (χ4n) is 1.37. The van der Waals surface area contributed by atoms with Crippen molar-refractivity contribution < 1.29 is 17.6 Å². The van der Waals surface area contributed by atoms with Gasteiger partial charge in [-0.25, -0.2) is 0 Å². The van der Waals surface area contributed by atoms with Gasteiger partial charge in [-0.2, -0.15) is 13.2 Å². The number of anilines is 1. The summed E-state index contributed by atoms with van der Waals surface area (Å²) in [5.41, 5.74) is -2.50. The van der Waals surface area contributed by atoms with E-state index in [2.05, 4.69) is 5.32 Å². The van der Waals surface area contributed by atoms with Crippen molar-refractivity contribution in [1.82, 2.24) is 0 Å². The van der Waals surface area contributed by atoms with E-state index < -0.39 is 5.51 Å². The largest absolute Gasteiger partial charge is 0.472 e. The fraction of sp³-hybridized carbons (Fsp3) is 0.167. The molecule has 0 aliphatic carbocycles. The lowest BCUT2D eigenvalue weighted by Gasteiger charge is -2.07.